The first-order valence-electron chi connectivity index (χ1n) is 5.25. The Bertz CT molecular complexity index is 563. The Morgan fingerprint density at radius 2 is 1.80 bits per heavy atom. The van der Waals surface area contributed by atoms with Gasteiger partial charge in [-0.2, -0.15) is 13.2 Å². The van der Waals surface area contributed by atoms with Crippen LogP contribution in [0.15, 0.2) is 16.6 Å². The Morgan fingerprint density at radius 3 is 2.25 bits per heavy atom. The summed E-state index contributed by atoms with van der Waals surface area (Å²) in [6.07, 6.45) is -4.97. The summed E-state index contributed by atoms with van der Waals surface area (Å²) in [4.78, 5) is 12.4. The van der Waals surface area contributed by atoms with Crippen LogP contribution in [-0.2, 0) is 6.18 Å². The fourth-order valence-electron chi connectivity index (χ4n) is 1.78. The number of carbonyl (C=O) groups excluding carboxylic acids is 1. The minimum atomic E-state index is -4.97. The fourth-order valence-corrected chi connectivity index (χ4v) is 2.26. The molecule has 0 atom stereocenters. The van der Waals surface area contributed by atoms with E-state index in [4.69, 9.17) is 0 Å². The lowest BCUT2D eigenvalue weighted by atomic mass is 10.0. The largest absolute Gasteiger partial charge is 0.419 e. The van der Waals surface area contributed by atoms with Gasteiger partial charge in [-0.25, -0.2) is 13.2 Å². The van der Waals surface area contributed by atoms with Crippen LogP contribution in [0.1, 0.15) is 15.9 Å². The van der Waals surface area contributed by atoms with Crippen molar-refractivity contribution in [2.75, 3.05) is 13.1 Å². The number of likely N-dealkylation sites (tertiary alicyclic amines) is 1. The molecule has 1 saturated heterocycles. The van der Waals surface area contributed by atoms with Crippen LogP contribution in [0.25, 0.3) is 0 Å². The first kappa shape index (κ1) is 15.1. The number of halogens is 7. The van der Waals surface area contributed by atoms with Gasteiger partial charge >= 0.3 is 6.18 Å². The van der Waals surface area contributed by atoms with E-state index in [0.29, 0.717) is 11.0 Å². The second-order valence-electron chi connectivity index (χ2n) is 4.30. The van der Waals surface area contributed by atoms with Crippen molar-refractivity contribution in [2.45, 2.75) is 12.1 Å². The summed E-state index contributed by atoms with van der Waals surface area (Å²) < 4.78 is 76.5. The molecule has 0 radical (unpaired) electrons. The van der Waals surface area contributed by atoms with Gasteiger partial charge in [0.1, 0.15) is 5.82 Å². The maximum absolute atomic E-state index is 13.8. The first-order valence-corrected chi connectivity index (χ1v) is 6.04. The average molecular weight is 362 g/mol. The lowest BCUT2D eigenvalue weighted by Crippen LogP contribution is -2.58. The van der Waals surface area contributed by atoms with Crippen molar-refractivity contribution in [3.8, 4) is 0 Å². The molecule has 0 spiro atoms. The molecule has 0 N–H and O–H groups in total. The average Bonchev–Trinajstić information content (AvgIpc) is 2.23. The molecule has 20 heavy (non-hydrogen) atoms. The van der Waals surface area contributed by atoms with Gasteiger partial charge in [0.2, 0.25) is 0 Å². The minimum absolute atomic E-state index is 0.219. The number of carbonyl (C=O) groups is 1. The van der Waals surface area contributed by atoms with Gasteiger partial charge in [-0.05, 0) is 28.1 Å². The van der Waals surface area contributed by atoms with E-state index in [1.165, 1.54) is 0 Å². The number of alkyl halides is 5. The third kappa shape index (κ3) is 2.63. The summed E-state index contributed by atoms with van der Waals surface area (Å²) in [7, 11) is 0. The van der Waals surface area contributed by atoms with Crippen molar-refractivity contribution in [1.82, 2.24) is 4.90 Å². The predicted octanol–water partition coefficient (Wildman–Crippen LogP) is 3.70. The summed E-state index contributed by atoms with van der Waals surface area (Å²) in [5.74, 6) is -6.06. The number of benzene rings is 1. The first-order chi connectivity index (χ1) is 9.03. The lowest BCUT2D eigenvalue weighted by molar-refractivity contribution is -0.140. The van der Waals surface area contributed by atoms with Gasteiger partial charge in [0, 0.05) is 4.47 Å². The molecule has 9 heteroatoms. The zero-order valence-corrected chi connectivity index (χ0v) is 11.2. The number of amides is 1. The molecule has 0 bridgehead atoms. The second kappa shape index (κ2) is 4.64. The highest BCUT2D eigenvalue weighted by molar-refractivity contribution is 9.10. The molecular formula is C11H6BrF6NO. The van der Waals surface area contributed by atoms with Crippen molar-refractivity contribution < 1.29 is 31.1 Å². The van der Waals surface area contributed by atoms with Gasteiger partial charge in [0.05, 0.1) is 24.2 Å². The van der Waals surface area contributed by atoms with Crippen molar-refractivity contribution in [1.29, 1.82) is 0 Å². The quantitative estimate of drug-likeness (QED) is 0.698. The van der Waals surface area contributed by atoms with Gasteiger partial charge in [-0.15, -0.1) is 0 Å². The Hall–Kier alpha value is -1.25. The fraction of sp³-hybridized carbons (Fsp3) is 0.364. The molecule has 0 saturated carbocycles. The molecule has 0 unspecified atom stereocenters. The topological polar surface area (TPSA) is 20.3 Å². The van der Waals surface area contributed by atoms with E-state index in [-0.39, 0.29) is 4.47 Å². The monoisotopic (exact) mass is 361 g/mol. The smallest absolute Gasteiger partial charge is 0.326 e. The SMILES string of the molecule is O=C(c1c(Br)ccc(C(F)(F)F)c1F)N1CC(F)(F)C1. The molecule has 2 rings (SSSR count). The number of nitrogens with zero attached hydrogens (tertiary/aromatic N) is 1. The molecule has 1 aliphatic rings. The summed E-state index contributed by atoms with van der Waals surface area (Å²) in [6.45, 7) is -1.87. The standard InChI is InChI=1S/C11H6BrF6NO/c12-6-2-1-5(11(16,17)18)8(13)7(6)9(20)19-3-10(14,15)4-19/h1-2H,3-4H2. The maximum atomic E-state index is 13.8. The van der Waals surface area contributed by atoms with Crippen LogP contribution in [-0.4, -0.2) is 29.8 Å². The molecule has 110 valence electrons. The minimum Gasteiger partial charge on any atom is -0.326 e. The van der Waals surface area contributed by atoms with Gasteiger partial charge in [-0.1, -0.05) is 0 Å². The normalized spacial score (nSPS) is 17.9. The van der Waals surface area contributed by atoms with E-state index in [1.54, 1.807) is 0 Å². The van der Waals surface area contributed by atoms with Crippen LogP contribution in [0.2, 0.25) is 0 Å². The third-order valence-corrected chi connectivity index (χ3v) is 3.40. The summed E-state index contributed by atoms with van der Waals surface area (Å²) in [5.41, 5.74) is -2.51. The molecule has 1 amide bonds. The highest BCUT2D eigenvalue weighted by atomic mass is 79.9. The van der Waals surface area contributed by atoms with Crippen LogP contribution in [0.3, 0.4) is 0 Å². The maximum Gasteiger partial charge on any atom is 0.419 e. The lowest BCUT2D eigenvalue weighted by Gasteiger charge is -2.38. The Morgan fingerprint density at radius 1 is 1.25 bits per heavy atom. The Labute approximate surface area is 117 Å². The molecule has 1 aromatic carbocycles. The summed E-state index contributed by atoms with van der Waals surface area (Å²) >= 11 is 2.76. The predicted molar refractivity (Wildman–Crippen MR) is 60.0 cm³/mol. The number of rotatable bonds is 1. The van der Waals surface area contributed by atoms with Gasteiger partial charge in [0.25, 0.3) is 11.8 Å². The molecule has 0 aliphatic carbocycles. The molecule has 1 aliphatic heterocycles. The van der Waals surface area contributed by atoms with Gasteiger partial charge in [0.15, 0.2) is 0 Å². The number of hydrogen-bond donors (Lipinski definition) is 0. The summed E-state index contributed by atoms with van der Waals surface area (Å²) in [6, 6.07) is 1.33. The van der Waals surface area contributed by atoms with Crippen molar-refractivity contribution in [3.05, 3.63) is 33.5 Å². The van der Waals surface area contributed by atoms with E-state index < -0.39 is 48.0 Å². The Kier molecular flexibility index (Phi) is 3.52. The van der Waals surface area contributed by atoms with E-state index in [9.17, 15) is 31.1 Å². The van der Waals surface area contributed by atoms with Crippen LogP contribution >= 0.6 is 15.9 Å². The molecule has 1 aromatic rings. The molecule has 1 fully saturated rings. The van der Waals surface area contributed by atoms with Crippen LogP contribution in [0, 0.1) is 5.82 Å². The molecule has 2 nitrogen and oxygen atoms in total. The van der Waals surface area contributed by atoms with Crippen molar-refractivity contribution >= 4 is 21.8 Å². The van der Waals surface area contributed by atoms with E-state index in [0.717, 1.165) is 6.07 Å². The second-order valence-corrected chi connectivity index (χ2v) is 5.15. The van der Waals surface area contributed by atoms with E-state index >= 15 is 0 Å². The zero-order chi connectivity index (χ0) is 15.3. The van der Waals surface area contributed by atoms with Crippen LogP contribution in [0.4, 0.5) is 26.3 Å². The molecular weight excluding hydrogens is 356 g/mol. The van der Waals surface area contributed by atoms with Gasteiger partial charge in [-0.3, -0.25) is 4.79 Å². The van der Waals surface area contributed by atoms with Crippen molar-refractivity contribution in [2.24, 2.45) is 0 Å². The van der Waals surface area contributed by atoms with Crippen molar-refractivity contribution in [3.63, 3.8) is 0 Å². The van der Waals surface area contributed by atoms with Crippen LogP contribution in [0.5, 0.6) is 0 Å². The summed E-state index contributed by atoms with van der Waals surface area (Å²) in [5, 5.41) is 0. The molecule has 1 heterocycles. The highest BCUT2D eigenvalue weighted by Gasteiger charge is 2.47. The highest BCUT2D eigenvalue weighted by Crippen LogP contribution is 2.36. The zero-order valence-electron chi connectivity index (χ0n) is 9.57. The van der Waals surface area contributed by atoms with E-state index in [2.05, 4.69) is 15.9 Å². The molecule has 0 aromatic heterocycles. The Balaban J connectivity index is 2.39. The van der Waals surface area contributed by atoms with E-state index in [1.807, 2.05) is 0 Å². The van der Waals surface area contributed by atoms with Gasteiger partial charge < -0.3 is 4.90 Å². The number of hydrogen-bond acceptors (Lipinski definition) is 1. The third-order valence-electron chi connectivity index (χ3n) is 2.74. The van der Waals surface area contributed by atoms with Crippen LogP contribution < -0.4 is 0 Å².